The minimum Gasteiger partial charge on any atom is -0.296 e. The molecule has 1 N–H and O–H groups in total. The maximum absolute atomic E-state index is 12.0. The van der Waals surface area contributed by atoms with Gasteiger partial charge >= 0.3 is 0 Å². The van der Waals surface area contributed by atoms with Crippen LogP contribution in [0.3, 0.4) is 0 Å². The predicted octanol–water partition coefficient (Wildman–Crippen LogP) is 2.24. The lowest BCUT2D eigenvalue weighted by atomic mass is 10.2. The highest BCUT2D eigenvalue weighted by Gasteiger charge is 2.19. The van der Waals surface area contributed by atoms with Gasteiger partial charge < -0.3 is 0 Å². The average Bonchev–Trinajstić information content (AvgIpc) is 2.88. The molecule has 1 amide bonds. The van der Waals surface area contributed by atoms with Crippen molar-refractivity contribution in [1.82, 2.24) is 10.2 Å². The van der Waals surface area contributed by atoms with Crippen LogP contribution in [0.15, 0.2) is 28.6 Å². The number of rotatable bonds is 4. The first kappa shape index (κ1) is 14.9. The minimum atomic E-state index is -3.42. The zero-order chi connectivity index (χ0) is 14.8. The number of aromatic nitrogens is 2. The molecule has 1 aromatic carbocycles. The molecule has 0 atom stereocenters. The smallest absolute Gasteiger partial charge is 0.259 e. The van der Waals surface area contributed by atoms with E-state index in [-0.39, 0.29) is 20.8 Å². The van der Waals surface area contributed by atoms with E-state index < -0.39 is 15.7 Å². The van der Waals surface area contributed by atoms with Gasteiger partial charge in [0.15, 0.2) is 0 Å². The number of hydrogen-bond acceptors (Lipinski definition) is 6. The second-order valence-electron chi connectivity index (χ2n) is 3.71. The first-order chi connectivity index (χ1) is 9.44. The number of anilines is 1. The molecule has 0 aliphatic rings. The highest BCUT2D eigenvalue weighted by atomic mass is 35.5. The van der Waals surface area contributed by atoms with Crippen LogP contribution in [0.2, 0.25) is 5.02 Å². The van der Waals surface area contributed by atoms with Crippen LogP contribution in [0.4, 0.5) is 5.13 Å². The number of hydrogen-bond donors (Lipinski definition) is 1. The van der Waals surface area contributed by atoms with Crippen LogP contribution in [0.1, 0.15) is 17.3 Å². The van der Waals surface area contributed by atoms with Gasteiger partial charge in [0, 0.05) is 0 Å². The first-order valence-corrected chi connectivity index (χ1v) is 8.41. The molecule has 0 saturated heterocycles. The Bertz CT molecular complexity index is 743. The Labute approximate surface area is 124 Å². The summed E-state index contributed by atoms with van der Waals surface area (Å²) in [5.74, 6) is -0.535. The highest BCUT2D eigenvalue weighted by molar-refractivity contribution is 7.93. The van der Waals surface area contributed by atoms with E-state index in [1.807, 2.05) is 0 Å². The number of halogens is 1. The summed E-state index contributed by atoms with van der Waals surface area (Å²) in [6.07, 6.45) is 0. The lowest BCUT2D eigenvalue weighted by molar-refractivity contribution is 0.102. The van der Waals surface area contributed by atoms with Gasteiger partial charge in [0.1, 0.15) is 0 Å². The van der Waals surface area contributed by atoms with Gasteiger partial charge in [-0.25, -0.2) is 8.42 Å². The van der Waals surface area contributed by atoms with Gasteiger partial charge in [-0.2, -0.15) is 0 Å². The lowest BCUT2D eigenvalue weighted by Crippen LogP contribution is -2.12. The van der Waals surface area contributed by atoms with Crippen molar-refractivity contribution in [3.8, 4) is 0 Å². The van der Waals surface area contributed by atoms with Crippen LogP contribution in [-0.4, -0.2) is 30.3 Å². The summed E-state index contributed by atoms with van der Waals surface area (Å²) in [5.41, 5.74) is 0.282. The van der Waals surface area contributed by atoms with Crippen molar-refractivity contribution in [1.29, 1.82) is 0 Å². The van der Waals surface area contributed by atoms with Crippen LogP contribution in [-0.2, 0) is 9.84 Å². The van der Waals surface area contributed by atoms with Gasteiger partial charge in [-0.05, 0) is 12.1 Å². The summed E-state index contributed by atoms with van der Waals surface area (Å²) in [6, 6.07) is 6.52. The van der Waals surface area contributed by atoms with Crippen molar-refractivity contribution in [3.05, 3.63) is 34.9 Å². The molecule has 1 aromatic heterocycles. The third kappa shape index (κ3) is 3.14. The third-order valence-corrected chi connectivity index (χ3v) is 5.74. The molecule has 20 heavy (non-hydrogen) atoms. The van der Waals surface area contributed by atoms with Gasteiger partial charge in [0.25, 0.3) is 5.91 Å². The second-order valence-corrected chi connectivity index (χ2v) is 7.55. The fourth-order valence-electron chi connectivity index (χ4n) is 1.32. The molecule has 0 saturated carbocycles. The summed E-state index contributed by atoms with van der Waals surface area (Å²) >= 11 is 6.70. The molecule has 0 unspecified atom stereocenters. The molecule has 0 aliphatic carbocycles. The normalized spacial score (nSPS) is 11.3. The van der Waals surface area contributed by atoms with E-state index in [9.17, 15) is 13.2 Å². The van der Waals surface area contributed by atoms with Crippen molar-refractivity contribution >= 4 is 43.8 Å². The lowest BCUT2D eigenvalue weighted by Gasteiger charge is -2.02. The Balaban J connectivity index is 2.20. The number of nitrogens with one attached hydrogen (secondary N) is 1. The molecule has 2 aromatic rings. The Kier molecular flexibility index (Phi) is 4.36. The van der Waals surface area contributed by atoms with Crippen LogP contribution < -0.4 is 5.32 Å². The van der Waals surface area contributed by atoms with E-state index in [0.717, 1.165) is 11.3 Å². The van der Waals surface area contributed by atoms with E-state index in [2.05, 4.69) is 15.5 Å². The topological polar surface area (TPSA) is 89.0 Å². The van der Waals surface area contributed by atoms with Gasteiger partial charge in [0.2, 0.25) is 19.3 Å². The van der Waals surface area contributed by atoms with Gasteiger partial charge in [0.05, 0.1) is 16.3 Å². The molecule has 0 bridgehead atoms. The van der Waals surface area contributed by atoms with Crippen molar-refractivity contribution in [2.45, 2.75) is 11.3 Å². The maximum Gasteiger partial charge on any atom is 0.259 e. The zero-order valence-electron chi connectivity index (χ0n) is 10.3. The third-order valence-electron chi connectivity index (χ3n) is 2.39. The van der Waals surface area contributed by atoms with Crippen molar-refractivity contribution in [2.24, 2.45) is 0 Å². The SMILES string of the molecule is CCS(=O)(=O)c1nnc(NC(=O)c2ccccc2Cl)s1. The predicted molar refractivity (Wildman–Crippen MR) is 77.0 cm³/mol. The first-order valence-electron chi connectivity index (χ1n) is 5.56. The molecule has 0 aliphatic heterocycles. The van der Waals surface area contributed by atoms with Crippen LogP contribution in [0.5, 0.6) is 0 Å². The van der Waals surface area contributed by atoms with E-state index in [1.54, 1.807) is 24.3 Å². The van der Waals surface area contributed by atoms with Crippen molar-refractivity contribution in [2.75, 3.05) is 11.1 Å². The van der Waals surface area contributed by atoms with Gasteiger partial charge in [-0.15, -0.1) is 10.2 Å². The summed E-state index contributed by atoms with van der Waals surface area (Å²) in [5, 5.41) is 10.1. The molecule has 106 valence electrons. The van der Waals surface area contributed by atoms with Gasteiger partial charge in [-0.3, -0.25) is 10.1 Å². The summed E-state index contributed by atoms with van der Waals surface area (Å²) in [4.78, 5) is 12.0. The second kappa shape index (κ2) is 5.86. The number of sulfone groups is 1. The molecule has 6 nitrogen and oxygen atoms in total. The minimum absolute atomic E-state index is 0.0694. The number of amides is 1. The van der Waals surface area contributed by atoms with E-state index in [1.165, 1.54) is 6.92 Å². The molecule has 0 radical (unpaired) electrons. The largest absolute Gasteiger partial charge is 0.296 e. The number of carbonyl (C=O) groups is 1. The zero-order valence-corrected chi connectivity index (χ0v) is 12.7. The standard InChI is InChI=1S/C11H10ClN3O3S2/c1-2-20(17,18)11-15-14-10(19-11)13-9(16)7-5-3-4-6-8(7)12/h3-6H,2H2,1H3,(H,13,14,16). The summed E-state index contributed by atoms with van der Waals surface area (Å²) in [6.45, 7) is 1.51. The molecule has 0 spiro atoms. The Morgan fingerprint density at radius 2 is 2.05 bits per heavy atom. The van der Waals surface area contributed by atoms with Crippen LogP contribution in [0.25, 0.3) is 0 Å². The highest BCUT2D eigenvalue weighted by Crippen LogP contribution is 2.22. The van der Waals surface area contributed by atoms with Crippen LogP contribution in [0, 0.1) is 0 Å². The van der Waals surface area contributed by atoms with E-state index in [0.29, 0.717) is 5.02 Å². The molecule has 9 heteroatoms. The fraction of sp³-hybridized carbons (Fsp3) is 0.182. The fourth-order valence-corrected chi connectivity index (χ4v) is 3.52. The average molecular weight is 332 g/mol. The number of benzene rings is 1. The van der Waals surface area contributed by atoms with E-state index in [4.69, 9.17) is 11.6 Å². The van der Waals surface area contributed by atoms with Crippen molar-refractivity contribution in [3.63, 3.8) is 0 Å². The Morgan fingerprint density at radius 3 is 2.70 bits per heavy atom. The Hall–Kier alpha value is -1.51. The number of nitrogens with zero attached hydrogens (tertiary/aromatic N) is 2. The van der Waals surface area contributed by atoms with Crippen LogP contribution >= 0.6 is 22.9 Å². The number of carbonyl (C=O) groups excluding carboxylic acids is 1. The summed E-state index contributed by atoms with van der Waals surface area (Å²) in [7, 11) is -3.42. The Morgan fingerprint density at radius 1 is 1.35 bits per heavy atom. The quantitative estimate of drug-likeness (QED) is 0.868. The maximum atomic E-state index is 12.0. The molecular formula is C11H10ClN3O3S2. The summed E-state index contributed by atoms with van der Waals surface area (Å²) < 4.78 is 23.1. The van der Waals surface area contributed by atoms with E-state index >= 15 is 0 Å². The van der Waals surface area contributed by atoms with Crippen molar-refractivity contribution < 1.29 is 13.2 Å². The molecule has 1 heterocycles. The molecule has 0 fully saturated rings. The van der Waals surface area contributed by atoms with Gasteiger partial charge in [-0.1, -0.05) is 42.0 Å². The molecule has 2 rings (SSSR count). The molecular weight excluding hydrogens is 322 g/mol. The monoisotopic (exact) mass is 331 g/mol.